The fourth-order valence-corrected chi connectivity index (χ4v) is 5.82. The Morgan fingerprint density at radius 1 is 0.667 bits per heavy atom. The lowest BCUT2D eigenvalue weighted by Gasteiger charge is -2.08. The van der Waals surface area contributed by atoms with E-state index in [1.165, 1.54) is 10.8 Å². The molecular weight excluding hydrogens is 486 g/mol. The number of carbonyl (C=O) groups is 2. The summed E-state index contributed by atoms with van der Waals surface area (Å²) >= 11 is 0. The van der Waals surface area contributed by atoms with Crippen molar-refractivity contribution in [3.05, 3.63) is 72.9 Å². The number of aromatic nitrogens is 4. The first-order valence-electron chi connectivity index (χ1n) is 11.5. The topological polar surface area (TPSA) is 91.5 Å². The van der Waals surface area contributed by atoms with Gasteiger partial charge in [0.2, 0.25) is 0 Å². The molecule has 0 saturated heterocycles. The highest BCUT2D eigenvalue weighted by Gasteiger charge is 2.09. The normalized spacial score (nSPS) is 12.2. The smallest absolute Gasteiger partial charge is 0.155 e. The van der Waals surface area contributed by atoms with Gasteiger partial charge in [0.25, 0.3) is 0 Å². The molecule has 176 valence electrons. The minimum absolute atomic E-state index is 0.0503. The molecule has 6 rings (SSSR count). The Morgan fingerprint density at radius 2 is 1.28 bits per heavy atom. The lowest BCUT2D eigenvalue weighted by molar-refractivity contribution is -0.110. The molecule has 2 unspecified atom stereocenters. The molecule has 4 aromatic carbocycles. The van der Waals surface area contributed by atoms with Crippen LogP contribution in [0.25, 0.3) is 55.0 Å². The zero-order valence-corrected chi connectivity index (χ0v) is 21.6. The summed E-state index contributed by atoms with van der Waals surface area (Å²) in [5.41, 5.74) is 7.67. The highest BCUT2D eigenvalue weighted by atomic mass is 31.1. The number of benzene rings is 4. The molecule has 0 radical (unpaired) electrons. The molecule has 0 aliphatic rings. The molecule has 0 aliphatic heterocycles. The van der Waals surface area contributed by atoms with Gasteiger partial charge < -0.3 is 9.97 Å². The number of imidazole rings is 2. The Balaban J connectivity index is 1.34. The van der Waals surface area contributed by atoms with Gasteiger partial charge in [0.1, 0.15) is 11.1 Å². The van der Waals surface area contributed by atoms with Gasteiger partial charge in [-0.2, -0.15) is 0 Å². The van der Waals surface area contributed by atoms with Gasteiger partial charge in [-0.1, -0.05) is 30.3 Å². The second kappa shape index (κ2) is 9.05. The average molecular weight is 508 g/mol. The van der Waals surface area contributed by atoms with Gasteiger partial charge in [-0.05, 0) is 82.9 Å². The number of H-pyrrole nitrogens is 2. The van der Waals surface area contributed by atoms with Crippen molar-refractivity contribution in [2.24, 2.45) is 0 Å². The largest absolute Gasteiger partial charge is 0.338 e. The van der Waals surface area contributed by atoms with E-state index in [0.29, 0.717) is 5.57 Å². The van der Waals surface area contributed by atoms with Gasteiger partial charge in [0.05, 0.1) is 22.9 Å². The van der Waals surface area contributed by atoms with E-state index in [1.54, 1.807) is 20.0 Å². The van der Waals surface area contributed by atoms with Crippen LogP contribution in [0.4, 0.5) is 0 Å². The lowest BCUT2D eigenvalue weighted by Crippen LogP contribution is -2.01. The maximum Gasteiger partial charge on any atom is 0.155 e. The molecule has 0 bridgehead atoms. The number of hydrogen-bond acceptors (Lipinski definition) is 4. The van der Waals surface area contributed by atoms with Crippen LogP contribution < -0.4 is 11.1 Å². The van der Waals surface area contributed by atoms with Crippen LogP contribution in [0.3, 0.4) is 0 Å². The highest BCUT2D eigenvalue weighted by molar-refractivity contribution is 7.64. The monoisotopic (exact) mass is 508 g/mol. The maximum atomic E-state index is 11.5. The van der Waals surface area contributed by atoms with E-state index in [4.69, 9.17) is 0 Å². The van der Waals surface area contributed by atoms with Crippen LogP contribution in [0.5, 0.6) is 0 Å². The van der Waals surface area contributed by atoms with Crippen LogP contribution in [-0.2, 0) is 9.59 Å². The number of carbonyl (C=O) groups excluding carboxylic acids is 2. The number of aromatic amines is 2. The summed E-state index contributed by atoms with van der Waals surface area (Å²) in [6, 6.07) is 23.4. The summed E-state index contributed by atoms with van der Waals surface area (Å²) in [5, 5.41) is 4.64. The Morgan fingerprint density at radius 3 is 2.00 bits per heavy atom. The molecule has 2 N–H and O–H groups in total. The molecular formula is C28H22N4O2P2. The molecule has 2 atom stereocenters. The molecule has 0 amide bonds. The zero-order valence-electron chi connectivity index (χ0n) is 19.6. The molecule has 0 saturated carbocycles. The second-order valence-corrected chi connectivity index (χ2v) is 11.7. The van der Waals surface area contributed by atoms with Crippen LogP contribution in [0.1, 0.15) is 13.8 Å². The van der Waals surface area contributed by atoms with Gasteiger partial charge >= 0.3 is 0 Å². The van der Waals surface area contributed by atoms with Crippen molar-refractivity contribution in [2.45, 2.75) is 13.8 Å². The molecule has 8 heteroatoms. The van der Waals surface area contributed by atoms with Crippen molar-refractivity contribution in [2.75, 3.05) is 0 Å². The lowest BCUT2D eigenvalue weighted by atomic mass is 9.97. The third kappa shape index (κ3) is 4.46. The molecule has 6 nitrogen and oxygen atoms in total. The summed E-state index contributed by atoms with van der Waals surface area (Å²) in [7, 11) is 0.102. The first-order valence-corrected chi connectivity index (χ1v) is 13.5. The first kappa shape index (κ1) is 22.7. The third-order valence-corrected chi connectivity index (χ3v) is 7.76. The summed E-state index contributed by atoms with van der Waals surface area (Å²) in [6.45, 7) is 3.16. The standard InChI is InChI=1S/C28H22N4O2P2/c1-15(33)35-27-29-14-26(32-27)21-6-5-19-10-22-9-17(3-4-18(22)11-23(19)12-21)20-7-8-24-25(13-20)31-28(30-24)36-16(2)34/h3-14,35-36H,1-2H3,(H,29,32)(H,30,31). The van der Waals surface area contributed by atoms with Crippen LogP contribution >= 0.6 is 17.2 Å². The number of fused-ring (bicyclic) bond motifs is 3. The van der Waals surface area contributed by atoms with Crippen molar-refractivity contribution < 1.29 is 9.59 Å². The highest BCUT2D eigenvalue weighted by Crippen LogP contribution is 2.31. The van der Waals surface area contributed by atoms with E-state index in [2.05, 4.69) is 80.6 Å². The molecule has 0 aliphatic carbocycles. The van der Waals surface area contributed by atoms with Crippen LogP contribution in [-0.4, -0.2) is 31.0 Å². The molecule has 6 aromatic rings. The summed E-state index contributed by atoms with van der Waals surface area (Å²) < 4.78 is 0. The van der Waals surface area contributed by atoms with E-state index in [1.807, 2.05) is 6.07 Å². The minimum Gasteiger partial charge on any atom is -0.338 e. The summed E-state index contributed by atoms with van der Waals surface area (Å²) in [4.78, 5) is 38.3. The van der Waals surface area contributed by atoms with Crippen molar-refractivity contribution in [3.8, 4) is 22.4 Å². The third-order valence-electron chi connectivity index (χ3n) is 6.09. The molecule has 36 heavy (non-hydrogen) atoms. The number of nitrogens with one attached hydrogen (secondary N) is 2. The predicted octanol–water partition coefficient (Wildman–Crippen LogP) is 5.63. The quantitative estimate of drug-likeness (QED) is 0.225. The van der Waals surface area contributed by atoms with Crippen LogP contribution in [0.15, 0.2) is 72.9 Å². The van der Waals surface area contributed by atoms with Crippen molar-refractivity contribution in [1.29, 1.82) is 0 Å². The number of nitrogens with zero attached hydrogens (tertiary/aromatic N) is 2. The molecule has 2 heterocycles. The number of rotatable bonds is 6. The van der Waals surface area contributed by atoms with E-state index >= 15 is 0 Å². The minimum atomic E-state index is 0.0503. The summed E-state index contributed by atoms with van der Waals surface area (Å²) in [5.74, 6) is 0. The van der Waals surface area contributed by atoms with Gasteiger partial charge in [0, 0.05) is 22.7 Å². The zero-order chi connectivity index (χ0) is 24.8. The van der Waals surface area contributed by atoms with Gasteiger partial charge in [-0.15, -0.1) is 0 Å². The van der Waals surface area contributed by atoms with E-state index in [0.717, 1.165) is 49.8 Å². The second-order valence-electron chi connectivity index (χ2n) is 8.80. The maximum absolute atomic E-state index is 11.5. The molecule has 0 spiro atoms. The van der Waals surface area contributed by atoms with Crippen molar-refractivity contribution >= 4 is 71.9 Å². The van der Waals surface area contributed by atoms with E-state index < -0.39 is 0 Å². The Labute approximate surface area is 210 Å². The van der Waals surface area contributed by atoms with Crippen LogP contribution in [0.2, 0.25) is 0 Å². The van der Waals surface area contributed by atoms with Crippen molar-refractivity contribution in [1.82, 2.24) is 19.9 Å². The summed E-state index contributed by atoms with van der Waals surface area (Å²) in [6.07, 6.45) is 1.79. The van der Waals surface area contributed by atoms with E-state index in [9.17, 15) is 9.59 Å². The average Bonchev–Trinajstić information content (AvgIpc) is 3.47. The Hall–Kier alpha value is -3.72. The van der Waals surface area contributed by atoms with Crippen molar-refractivity contribution in [3.63, 3.8) is 0 Å². The van der Waals surface area contributed by atoms with Gasteiger partial charge in [-0.25, -0.2) is 9.97 Å². The Bertz CT molecular complexity index is 1820. The fraction of sp³-hybridized carbons (Fsp3) is 0.0714. The van der Waals surface area contributed by atoms with Gasteiger partial charge in [0.15, 0.2) is 11.0 Å². The fourth-order valence-electron chi connectivity index (χ4n) is 4.46. The van der Waals surface area contributed by atoms with E-state index in [-0.39, 0.29) is 28.2 Å². The van der Waals surface area contributed by atoms with Crippen LogP contribution in [0, 0.1) is 0 Å². The molecule has 2 aromatic heterocycles. The predicted molar refractivity (Wildman–Crippen MR) is 151 cm³/mol. The Kier molecular flexibility index (Phi) is 5.72. The van der Waals surface area contributed by atoms with Gasteiger partial charge in [-0.3, -0.25) is 9.59 Å². The first-order chi connectivity index (χ1) is 17.4. The number of hydrogen-bond donors (Lipinski definition) is 2. The molecule has 0 fully saturated rings. The SMILES string of the molecule is CC(=O)Pc1ncc(-c2ccc3cc4cc(-c5ccc6nc(PC(C)=O)[nH]c6c5)ccc4cc3c2)[nH]1.